The molecule has 1 heterocycles. The standard InChI is InChI=1S/C25H20ClNO4/c1-15-13-19(31-2)11-12-20(15)23(28)21-22(16-7-4-3-5-8-16)27(25(30)24(21)29)18-10-6-9-17(26)14-18/h3-14,22,28H,1-2H3/b23-21-. The molecule has 1 aliphatic rings. The number of aliphatic hydroxyl groups is 1. The number of nitrogens with zero attached hydrogens (tertiary/aromatic N) is 1. The number of halogens is 1. The molecule has 0 radical (unpaired) electrons. The number of hydrogen-bond donors (Lipinski definition) is 1. The highest BCUT2D eigenvalue weighted by Gasteiger charge is 2.47. The Hall–Kier alpha value is -3.57. The Morgan fingerprint density at radius 2 is 1.74 bits per heavy atom. The van der Waals surface area contributed by atoms with Gasteiger partial charge < -0.3 is 9.84 Å². The van der Waals surface area contributed by atoms with E-state index in [0.717, 1.165) is 5.56 Å². The number of methoxy groups -OCH3 is 1. The van der Waals surface area contributed by atoms with E-state index in [9.17, 15) is 14.7 Å². The van der Waals surface area contributed by atoms with Crippen molar-refractivity contribution in [3.63, 3.8) is 0 Å². The third-order valence-corrected chi connectivity index (χ3v) is 5.57. The van der Waals surface area contributed by atoms with Gasteiger partial charge in [-0.1, -0.05) is 48.0 Å². The highest BCUT2D eigenvalue weighted by Crippen LogP contribution is 2.43. The van der Waals surface area contributed by atoms with Gasteiger partial charge in [0.25, 0.3) is 11.7 Å². The first kappa shape index (κ1) is 20.7. The molecule has 6 heteroatoms. The lowest BCUT2D eigenvalue weighted by atomic mass is 9.94. The Morgan fingerprint density at radius 3 is 2.39 bits per heavy atom. The summed E-state index contributed by atoms with van der Waals surface area (Å²) in [6.07, 6.45) is 0. The van der Waals surface area contributed by atoms with E-state index < -0.39 is 17.7 Å². The molecule has 1 saturated heterocycles. The summed E-state index contributed by atoms with van der Waals surface area (Å²) in [5, 5.41) is 11.7. The number of Topliss-reactive ketones (excluding diaryl/α,β-unsaturated/α-hetero) is 1. The molecule has 1 unspecified atom stereocenters. The molecule has 1 aliphatic heterocycles. The second-order valence-electron chi connectivity index (χ2n) is 7.24. The first-order valence-corrected chi connectivity index (χ1v) is 10.1. The smallest absolute Gasteiger partial charge is 0.300 e. The largest absolute Gasteiger partial charge is 0.507 e. The summed E-state index contributed by atoms with van der Waals surface area (Å²) in [5.41, 5.74) is 2.40. The van der Waals surface area contributed by atoms with Crippen LogP contribution < -0.4 is 9.64 Å². The van der Waals surface area contributed by atoms with Gasteiger partial charge in [-0.2, -0.15) is 0 Å². The summed E-state index contributed by atoms with van der Waals surface area (Å²) in [4.78, 5) is 27.6. The number of aryl methyl sites for hydroxylation is 1. The summed E-state index contributed by atoms with van der Waals surface area (Å²) >= 11 is 6.15. The monoisotopic (exact) mass is 433 g/mol. The number of ketones is 1. The Kier molecular flexibility index (Phi) is 5.53. The molecule has 5 nitrogen and oxygen atoms in total. The molecule has 0 spiro atoms. The van der Waals surface area contributed by atoms with Crippen LogP contribution in [0.25, 0.3) is 5.76 Å². The fourth-order valence-corrected chi connectivity index (χ4v) is 4.03. The quantitative estimate of drug-likeness (QED) is 0.345. The fraction of sp³-hybridized carbons (Fsp3) is 0.120. The molecular weight excluding hydrogens is 414 g/mol. The number of amides is 1. The minimum atomic E-state index is -0.791. The van der Waals surface area contributed by atoms with Gasteiger partial charge in [0.15, 0.2) is 0 Å². The van der Waals surface area contributed by atoms with Gasteiger partial charge in [0.2, 0.25) is 0 Å². The normalized spacial score (nSPS) is 17.8. The van der Waals surface area contributed by atoms with Crippen LogP contribution in [-0.4, -0.2) is 23.9 Å². The van der Waals surface area contributed by atoms with Crippen LogP contribution in [0.2, 0.25) is 5.02 Å². The molecule has 0 saturated carbocycles. The number of rotatable bonds is 4. The second-order valence-corrected chi connectivity index (χ2v) is 7.68. The molecule has 156 valence electrons. The average molecular weight is 434 g/mol. The molecule has 1 N–H and O–H groups in total. The number of anilines is 1. The Bertz CT molecular complexity index is 1200. The van der Waals surface area contributed by atoms with Crippen LogP contribution in [0, 0.1) is 6.92 Å². The fourth-order valence-electron chi connectivity index (χ4n) is 3.85. The van der Waals surface area contributed by atoms with E-state index in [4.69, 9.17) is 16.3 Å². The first-order chi connectivity index (χ1) is 14.9. The topological polar surface area (TPSA) is 66.8 Å². The summed E-state index contributed by atoms with van der Waals surface area (Å²) in [7, 11) is 1.56. The molecule has 1 fully saturated rings. The van der Waals surface area contributed by atoms with Gasteiger partial charge in [0.05, 0.1) is 18.7 Å². The van der Waals surface area contributed by atoms with Gasteiger partial charge in [0.1, 0.15) is 11.5 Å². The van der Waals surface area contributed by atoms with Gasteiger partial charge >= 0.3 is 0 Å². The van der Waals surface area contributed by atoms with Crippen molar-refractivity contribution in [1.82, 2.24) is 0 Å². The van der Waals surface area contributed by atoms with Gasteiger partial charge in [-0.05, 0) is 54.4 Å². The minimum Gasteiger partial charge on any atom is -0.507 e. The lowest BCUT2D eigenvalue weighted by Crippen LogP contribution is -2.29. The zero-order valence-electron chi connectivity index (χ0n) is 17.0. The average Bonchev–Trinajstić information content (AvgIpc) is 3.04. The van der Waals surface area contributed by atoms with E-state index in [-0.39, 0.29) is 11.3 Å². The van der Waals surface area contributed by atoms with Crippen molar-refractivity contribution >= 4 is 34.7 Å². The van der Waals surface area contributed by atoms with Gasteiger partial charge in [-0.15, -0.1) is 0 Å². The maximum absolute atomic E-state index is 13.1. The number of benzene rings is 3. The molecule has 1 amide bonds. The minimum absolute atomic E-state index is 0.0319. The Labute approximate surface area is 185 Å². The maximum Gasteiger partial charge on any atom is 0.300 e. The number of aliphatic hydroxyl groups excluding tert-OH is 1. The first-order valence-electron chi connectivity index (χ1n) is 9.69. The summed E-state index contributed by atoms with van der Waals surface area (Å²) in [6.45, 7) is 1.81. The molecule has 31 heavy (non-hydrogen) atoms. The zero-order valence-corrected chi connectivity index (χ0v) is 17.8. The van der Waals surface area contributed by atoms with Crippen LogP contribution in [-0.2, 0) is 9.59 Å². The van der Waals surface area contributed by atoms with E-state index in [2.05, 4.69) is 0 Å². The summed E-state index contributed by atoms with van der Waals surface area (Å²) in [5.74, 6) is -1.06. The van der Waals surface area contributed by atoms with E-state index >= 15 is 0 Å². The lowest BCUT2D eigenvalue weighted by molar-refractivity contribution is -0.132. The van der Waals surface area contributed by atoms with Gasteiger partial charge in [-0.3, -0.25) is 14.5 Å². The van der Waals surface area contributed by atoms with Gasteiger partial charge in [0, 0.05) is 16.3 Å². The molecule has 3 aromatic carbocycles. The van der Waals surface area contributed by atoms with Crippen molar-refractivity contribution in [2.45, 2.75) is 13.0 Å². The van der Waals surface area contributed by atoms with Crippen LogP contribution in [0.15, 0.2) is 78.4 Å². The van der Waals surface area contributed by atoms with Crippen molar-refractivity contribution in [3.05, 3.63) is 100 Å². The van der Waals surface area contributed by atoms with Crippen molar-refractivity contribution < 1.29 is 19.4 Å². The molecular formula is C25H20ClNO4. The zero-order chi connectivity index (χ0) is 22.1. The third kappa shape index (κ3) is 3.68. The molecule has 1 atom stereocenters. The molecule has 0 aliphatic carbocycles. The van der Waals surface area contributed by atoms with Crippen molar-refractivity contribution in [1.29, 1.82) is 0 Å². The highest BCUT2D eigenvalue weighted by atomic mass is 35.5. The van der Waals surface area contributed by atoms with E-state index in [1.807, 2.05) is 37.3 Å². The SMILES string of the molecule is COc1ccc(/C(O)=C2/C(=O)C(=O)N(c3cccc(Cl)c3)C2c2ccccc2)c(C)c1. The highest BCUT2D eigenvalue weighted by molar-refractivity contribution is 6.51. The molecule has 0 aromatic heterocycles. The summed E-state index contributed by atoms with van der Waals surface area (Å²) < 4.78 is 5.23. The van der Waals surface area contributed by atoms with E-state index in [1.165, 1.54) is 4.90 Å². The van der Waals surface area contributed by atoms with E-state index in [0.29, 0.717) is 27.6 Å². The van der Waals surface area contributed by atoms with Crippen molar-refractivity contribution in [2.24, 2.45) is 0 Å². The van der Waals surface area contributed by atoms with Crippen LogP contribution in [0.3, 0.4) is 0 Å². The van der Waals surface area contributed by atoms with Crippen LogP contribution in [0.5, 0.6) is 5.75 Å². The van der Waals surface area contributed by atoms with Crippen molar-refractivity contribution in [2.75, 3.05) is 12.0 Å². The number of carbonyl (C=O) groups excluding carboxylic acids is 2. The second kappa shape index (κ2) is 8.28. The number of ether oxygens (including phenoxy) is 1. The lowest BCUT2D eigenvalue weighted by Gasteiger charge is -2.25. The Balaban J connectivity index is 1.95. The van der Waals surface area contributed by atoms with Crippen molar-refractivity contribution in [3.8, 4) is 5.75 Å². The van der Waals surface area contributed by atoms with Crippen LogP contribution in [0.4, 0.5) is 5.69 Å². The van der Waals surface area contributed by atoms with Crippen LogP contribution >= 0.6 is 11.6 Å². The Morgan fingerprint density at radius 1 is 1.00 bits per heavy atom. The summed E-state index contributed by atoms with van der Waals surface area (Å²) in [6, 6.07) is 20.2. The number of carbonyl (C=O) groups is 2. The number of hydrogen-bond acceptors (Lipinski definition) is 4. The molecule has 4 rings (SSSR count). The van der Waals surface area contributed by atoms with E-state index in [1.54, 1.807) is 49.6 Å². The molecule has 3 aromatic rings. The predicted octanol–water partition coefficient (Wildman–Crippen LogP) is 5.28. The predicted molar refractivity (Wildman–Crippen MR) is 120 cm³/mol. The van der Waals surface area contributed by atoms with Gasteiger partial charge in [-0.25, -0.2) is 0 Å². The van der Waals surface area contributed by atoms with Crippen LogP contribution in [0.1, 0.15) is 22.7 Å². The third-order valence-electron chi connectivity index (χ3n) is 5.33. The maximum atomic E-state index is 13.1. The molecule has 0 bridgehead atoms.